The van der Waals surface area contributed by atoms with Crippen molar-refractivity contribution in [2.75, 3.05) is 26.3 Å². The maximum Gasteiger partial charge on any atom is 0.490 e. The Hall–Kier alpha value is -2.52. The number of aromatic nitrogens is 2. The number of carbonyl (C=O) groups is 1. The minimum absolute atomic E-state index is 0.586. The predicted octanol–water partition coefficient (Wildman–Crippen LogP) is 2.97. The third-order valence-electron chi connectivity index (χ3n) is 5.03. The van der Waals surface area contributed by atoms with Crippen molar-refractivity contribution in [1.29, 1.82) is 0 Å². The smallest absolute Gasteiger partial charge is 0.475 e. The average molecular weight is 409 g/mol. The van der Waals surface area contributed by atoms with Crippen molar-refractivity contribution in [2.45, 2.75) is 31.5 Å². The molecule has 2 aromatic rings. The van der Waals surface area contributed by atoms with E-state index < -0.39 is 12.1 Å². The van der Waals surface area contributed by atoms with E-state index in [1.807, 2.05) is 6.07 Å². The number of nitrogens with zero attached hydrogens (tertiary/aromatic N) is 3. The van der Waals surface area contributed by atoms with Crippen molar-refractivity contribution < 1.29 is 27.8 Å². The molecule has 1 atom stereocenters. The van der Waals surface area contributed by atoms with Gasteiger partial charge in [-0.05, 0) is 12.8 Å². The highest BCUT2D eigenvalue weighted by molar-refractivity contribution is 5.73. The topological polar surface area (TPSA) is 75.5 Å². The number of hydrogen-bond donors (Lipinski definition) is 1. The monoisotopic (exact) mass is 409 g/mol. The standard InChI is InChI=1S/C18H21N3O.C2HF3O2/c1-2-4-14(5-3-1)18-16-6-9-21(15-8-11-22-12-15)10-7-17(16)19-13-20-18;3-2(4,5)1(6)7/h1-5,13,15H,6-12H2;(H,6,7). The molecule has 1 N–H and O–H groups in total. The normalized spacial score (nSPS) is 19.6. The van der Waals surface area contributed by atoms with Gasteiger partial charge in [0.05, 0.1) is 12.3 Å². The van der Waals surface area contributed by atoms with Gasteiger partial charge in [-0.1, -0.05) is 30.3 Å². The van der Waals surface area contributed by atoms with Crippen LogP contribution in [0.4, 0.5) is 13.2 Å². The lowest BCUT2D eigenvalue weighted by atomic mass is 10.0. The lowest BCUT2D eigenvalue weighted by Gasteiger charge is -2.25. The van der Waals surface area contributed by atoms with Crippen LogP contribution in [-0.2, 0) is 22.4 Å². The summed E-state index contributed by atoms with van der Waals surface area (Å²) in [5.74, 6) is -2.76. The molecule has 0 spiro atoms. The molecule has 1 aromatic carbocycles. The first-order chi connectivity index (χ1) is 13.9. The molecule has 1 saturated heterocycles. The van der Waals surface area contributed by atoms with E-state index in [-0.39, 0.29) is 0 Å². The van der Waals surface area contributed by atoms with Gasteiger partial charge >= 0.3 is 12.1 Å². The molecular weight excluding hydrogens is 387 g/mol. The fourth-order valence-corrected chi connectivity index (χ4v) is 3.56. The second-order valence-electron chi connectivity index (χ2n) is 6.87. The molecule has 1 aromatic heterocycles. The maximum atomic E-state index is 10.6. The summed E-state index contributed by atoms with van der Waals surface area (Å²) in [5, 5.41) is 7.12. The molecule has 3 heterocycles. The van der Waals surface area contributed by atoms with Gasteiger partial charge in [-0.2, -0.15) is 13.2 Å². The summed E-state index contributed by atoms with van der Waals surface area (Å²) in [5.41, 5.74) is 4.85. The van der Waals surface area contributed by atoms with E-state index >= 15 is 0 Å². The van der Waals surface area contributed by atoms with E-state index in [4.69, 9.17) is 14.6 Å². The number of halogens is 3. The first kappa shape index (κ1) is 21.2. The highest BCUT2D eigenvalue weighted by Gasteiger charge is 2.38. The third kappa shape index (κ3) is 5.51. The van der Waals surface area contributed by atoms with E-state index in [1.165, 1.54) is 16.8 Å². The van der Waals surface area contributed by atoms with Crippen LogP contribution >= 0.6 is 0 Å². The zero-order valence-electron chi connectivity index (χ0n) is 15.7. The Morgan fingerprint density at radius 3 is 2.45 bits per heavy atom. The lowest BCUT2D eigenvalue weighted by Crippen LogP contribution is -2.37. The van der Waals surface area contributed by atoms with E-state index in [2.05, 4.69) is 39.1 Å². The highest BCUT2D eigenvalue weighted by Crippen LogP contribution is 2.26. The van der Waals surface area contributed by atoms with Gasteiger partial charge in [0.2, 0.25) is 0 Å². The fraction of sp³-hybridized carbons (Fsp3) is 0.450. The van der Waals surface area contributed by atoms with E-state index in [9.17, 15) is 13.2 Å². The third-order valence-corrected chi connectivity index (χ3v) is 5.03. The Balaban J connectivity index is 0.000000298. The number of alkyl halides is 3. The number of ether oxygens (including phenoxy) is 1. The second-order valence-corrected chi connectivity index (χ2v) is 6.87. The number of fused-ring (bicyclic) bond motifs is 1. The molecular formula is C20H22F3N3O3. The number of carboxylic acid groups (broad SMARTS) is 1. The summed E-state index contributed by atoms with van der Waals surface area (Å²) < 4.78 is 37.3. The molecule has 1 fully saturated rings. The van der Waals surface area contributed by atoms with Crippen molar-refractivity contribution in [1.82, 2.24) is 14.9 Å². The fourth-order valence-electron chi connectivity index (χ4n) is 3.56. The predicted molar refractivity (Wildman–Crippen MR) is 99.4 cm³/mol. The first-order valence-corrected chi connectivity index (χ1v) is 9.36. The summed E-state index contributed by atoms with van der Waals surface area (Å²) in [6.07, 6.45) is -0.172. The van der Waals surface area contributed by atoms with Crippen LogP contribution in [0.3, 0.4) is 0 Å². The minimum Gasteiger partial charge on any atom is -0.475 e. The summed E-state index contributed by atoms with van der Waals surface area (Å²) in [7, 11) is 0. The highest BCUT2D eigenvalue weighted by atomic mass is 19.4. The molecule has 1 unspecified atom stereocenters. The van der Waals surface area contributed by atoms with Crippen LogP contribution in [0.5, 0.6) is 0 Å². The zero-order chi connectivity index (χ0) is 20.9. The van der Waals surface area contributed by atoms with Crippen LogP contribution in [0.1, 0.15) is 17.7 Å². The Morgan fingerprint density at radius 2 is 1.83 bits per heavy atom. The molecule has 0 radical (unpaired) electrons. The Labute approximate surface area is 166 Å². The average Bonchev–Trinajstić information content (AvgIpc) is 3.15. The summed E-state index contributed by atoms with van der Waals surface area (Å²) in [6, 6.07) is 11.0. The molecule has 0 aliphatic carbocycles. The Morgan fingerprint density at radius 1 is 1.14 bits per heavy atom. The van der Waals surface area contributed by atoms with Crippen LogP contribution in [-0.4, -0.2) is 64.5 Å². The Kier molecular flexibility index (Phi) is 6.81. The number of carboxylic acids is 1. The van der Waals surface area contributed by atoms with Crippen LogP contribution in [0.15, 0.2) is 36.7 Å². The zero-order valence-corrected chi connectivity index (χ0v) is 15.7. The maximum absolute atomic E-state index is 10.6. The summed E-state index contributed by atoms with van der Waals surface area (Å²) in [6.45, 7) is 3.94. The molecule has 0 saturated carbocycles. The molecule has 2 aliphatic rings. The summed E-state index contributed by atoms with van der Waals surface area (Å²) >= 11 is 0. The van der Waals surface area contributed by atoms with Crippen molar-refractivity contribution in [2.24, 2.45) is 0 Å². The number of aliphatic carboxylic acids is 1. The Bertz CT molecular complexity index is 825. The van der Waals surface area contributed by atoms with Gasteiger partial charge in [0, 0.05) is 49.0 Å². The van der Waals surface area contributed by atoms with Gasteiger partial charge in [0.25, 0.3) is 0 Å². The van der Waals surface area contributed by atoms with Crippen LogP contribution in [0, 0.1) is 0 Å². The lowest BCUT2D eigenvalue weighted by molar-refractivity contribution is -0.192. The first-order valence-electron chi connectivity index (χ1n) is 9.36. The second kappa shape index (κ2) is 9.32. The van der Waals surface area contributed by atoms with Crippen LogP contribution in [0.2, 0.25) is 0 Å². The molecule has 9 heteroatoms. The molecule has 4 rings (SSSR count). The van der Waals surface area contributed by atoms with Gasteiger partial charge in [-0.3, -0.25) is 4.90 Å². The summed E-state index contributed by atoms with van der Waals surface area (Å²) in [4.78, 5) is 20.6. The van der Waals surface area contributed by atoms with Crippen molar-refractivity contribution in [3.63, 3.8) is 0 Å². The van der Waals surface area contributed by atoms with Gasteiger partial charge < -0.3 is 9.84 Å². The molecule has 6 nitrogen and oxygen atoms in total. The van der Waals surface area contributed by atoms with Crippen LogP contribution < -0.4 is 0 Å². The minimum atomic E-state index is -5.08. The number of benzene rings is 1. The van der Waals surface area contributed by atoms with Crippen molar-refractivity contribution in [3.8, 4) is 11.3 Å². The number of hydrogen-bond acceptors (Lipinski definition) is 5. The van der Waals surface area contributed by atoms with Gasteiger partial charge in [-0.25, -0.2) is 14.8 Å². The van der Waals surface area contributed by atoms with Crippen molar-refractivity contribution >= 4 is 5.97 Å². The molecule has 156 valence electrons. The molecule has 29 heavy (non-hydrogen) atoms. The van der Waals surface area contributed by atoms with Crippen molar-refractivity contribution in [3.05, 3.63) is 47.9 Å². The van der Waals surface area contributed by atoms with Gasteiger partial charge in [0.1, 0.15) is 6.33 Å². The quantitative estimate of drug-likeness (QED) is 0.822. The largest absolute Gasteiger partial charge is 0.490 e. The molecule has 0 amide bonds. The van der Waals surface area contributed by atoms with Gasteiger partial charge in [-0.15, -0.1) is 0 Å². The van der Waals surface area contributed by atoms with Gasteiger partial charge in [0.15, 0.2) is 0 Å². The van der Waals surface area contributed by atoms with E-state index in [1.54, 1.807) is 6.33 Å². The van der Waals surface area contributed by atoms with E-state index in [0.29, 0.717) is 6.04 Å². The number of rotatable bonds is 2. The van der Waals surface area contributed by atoms with E-state index in [0.717, 1.165) is 51.3 Å². The SMILES string of the molecule is O=C(O)C(F)(F)F.c1ccc(-c2ncnc3c2CCN(C2CCOC2)CC3)cc1. The molecule has 0 bridgehead atoms. The van der Waals surface area contributed by atoms with Crippen LogP contribution in [0.25, 0.3) is 11.3 Å². The molecule has 2 aliphatic heterocycles.